The van der Waals surface area contributed by atoms with Crippen molar-refractivity contribution in [2.75, 3.05) is 0 Å². The highest BCUT2D eigenvalue weighted by Crippen LogP contribution is 2.27. The molecule has 0 N–H and O–H groups in total. The highest BCUT2D eigenvalue weighted by Gasteiger charge is 2.18. The second-order valence-electron chi connectivity index (χ2n) is 4.55. The van der Waals surface area contributed by atoms with Crippen LogP contribution in [0.1, 0.15) is 29.7 Å². The normalized spacial score (nSPS) is 14.3. The van der Waals surface area contributed by atoms with Gasteiger partial charge in [0.1, 0.15) is 5.15 Å². The molecule has 2 aromatic rings. The summed E-state index contributed by atoms with van der Waals surface area (Å²) in [5.41, 5.74) is 3.17. The van der Waals surface area contributed by atoms with Crippen molar-refractivity contribution in [1.29, 1.82) is 0 Å². The molecule has 1 aliphatic carbocycles. The molecule has 0 radical (unpaired) electrons. The van der Waals surface area contributed by atoms with Gasteiger partial charge < -0.3 is 0 Å². The minimum Gasteiger partial charge on any atom is -0.234 e. The molecule has 18 heavy (non-hydrogen) atoms. The Morgan fingerprint density at radius 3 is 2.50 bits per heavy atom. The van der Waals surface area contributed by atoms with Crippen molar-refractivity contribution in [3.63, 3.8) is 0 Å². The van der Waals surface area contributed by atoms with Crippen molar-refractivity contribution in [1.82, 2.24) is 19.9 Å². The summed E-state index contributed by atoms with van der Waals surface area (Å²) in [6.07, 6.45) is 7.79. The van der Waals surface area contributed by atoms with E-state index in [1.54, 1.807) is 12.4 Å². The molecule has 0 saturated heterocycles. The monoisotopic (exact) mass is 260 g/mol. The predicted molar refractivity (Wildman–Crippen MR) is 69.4 cm³/mol. The van der Waals surface area contributed by atoms with Crippen LogP contribution in [0, 0.1) is 6.92 Å². The van der Waals surface area contributed by atoms with Gasteiger partial charge in [-0.15, -0.1) is 0 Å². The van der Waals surface area contributed by atoms with Gasteiger partial charge >= 0.3 is 0 Å². The quantitative estimate of drug-likeness (QED) is 0.740. The second-order valence-corrected chi connectivity index (χ2v) is 4.91. The Labute approximate surface area is 110 Å². The van der Waals surface area contributed by atoms with Gasteiger partial charge in [0.05, 0.1) is 0 Å². The molecule has 2 heterocycles. The zero-order chi connectivity index (χ0) is 12.5. The highest BCUT2D eigenvalue weighted by atomic mass is 35.5. The number of hydrogen-bond donors (Lipinski definition) is 0. The Morgan fingerprint density at radius 1 is 1.00 bits per heavy atom. The van der Waals surface area contributed by atoms with E-state index in [0.717, 1.165) is 42.5 Å². The zero-order valence-corrected chi connectivity index (χ0v) is 10.9. The van der Waals surface area contributed by atoms with Crippen LogP contribution >= 0.6 is 11.6 Å². The number of hydrogen-bond acceptors (Lipinski definition) is 4. The molecule has 5 heteroatoms. The van der Waals surface area contributed by atoms with Crippen molar-refractivity contribution in [2.45, 2.75) is 32.6 Å². The summed E-state index contributed by atoms with van der Waals surface area (Å²) in [4.78, 5) is 17.4. The summed E-state index contributed by atoms with van der Waals surface area (Å²) < 4.78 is 0. The van der Waals surface area contributed by atoms with Crippen LogP contribution in [0.3, 0.4) is 0 Å². The predicted octanol–water partition coefficient (Wildman–Crippen LogP) is 2.77. The molecule has 0 atom stereocenters. The van der Waals surface area contributed by atoms with E-state index in [1.165, 1.54) is 0 Å². The van der Waals surface area contributed by atoms with E-state index >= 15 is 0 Å². The van der Waals surface area contributed by atoms with Gasteiger partial charge in [0.15, 0.2) is 11.6 Å². The third-order valence-corrected chi connectivity index (χ3v) is 3.43. The van der Waals surface area contributed by atoms with Crippen LogP contribution in [0.5, 0.6) is 0 Å². The minimum atomic E-state index is 0.528. The molecule has 0 spiro atoms. The molecule has 1 aliphatic rings. The molecule has 92 valence electrons. The fourth-order valence-electron chi connectivity index (χ4n) is 2.16. The molecule has 2 aromatic heterocycles. The Morgan fingerprint density at radius 2 is 1.72 bits per heavy atom. The van der Waals surface area contributed by atoms with Crippen molar-refractivity contribution < 1.29 is 0 Å². The molecule has 4 nitrogen and oxygen atoms in total. The molecule has 0 aromatic carbocycles. The van der Waals surface area contributed by atoms with Crippen LogP contribution in [0.2, 0.25) is 5.15 Å². The van der Waals surface area contributed by atoms with E-state index < -0.39 is 0 Å². The maximum absolute atomic E-state index is 6.22. The van der Waals surface area contributed by atoms with Gasteiger partial charge in [0.25, 0.3) is 0 Å². The topological polar surface area (TPSA) is 51.6 Å². The molecule has 0 saturated carbocycles. The number of nitrogens with zero attached hydrogens (tertiary/aromatic N) is 4. The number of rotatable bonds is 1. The van der Waals surface area contributed by atoms with Crippen molar-refractivity contribution >= 4 is 11.6 Å². The van der Waals surface area contributed by atoms with Gasteiger partial charge in [0, 0.05) is 23.7 Å². The summed E-state index contributed by atoms with van der Waals surface area (Å²) in [5, 5.41) is 0.555. The SMILES string of the molecule is Cc1cnc(-c2nc(Cl)c3c(n2)CCCC3)nc1. The van der Waals surface area contributed by atoms with Gasteiger partial charge in [-0.3, -0.25) is 0 Å². The average molecular weight is 261 g/mol. The van der Waals surface area contributed by atoms with E-state index in [9.17, 15) is 0 Å². The van der Waals surface area contributed by atoms with Crippen LogP contribution in [-0.4, -0.2) is 19.9 Å². The molecule has 0 fully saturated rings. The molecular formula is C13H13ClN4. The van der Waals surface area contributed by atoms with Crippen LogP contribution in [0.25, 0.3) is 11.6 Å². The standard InChI is InChI=1S/C13H13ClN4/c1-8-6-15-12(16-7-8)13-17-10-5-3-2-4-9(10)11(14)18-13/h6-7H,2-5H2,1H3. The minimum absolute atomic E-state index is 0.528. The van der Waals surface area contributed by atoms with Crippen LogP contribution in [0.15, 0.2) is 12.4 Å². The number of aromatic nitrogens is 4. The van der Waals surface area contributed by atoms with E-state index in [2.05, 4.69) is 19.9 Å². The molecular weight excluding hydrogens is 248 g/mol. The first-order valence-electron chi connectivity index (χ1n) is 6.08. The second kappa shape index (κ2) is 4.61. The smallest absolute Gasteiger partial charge is 0.199 e. The molecule has 0 aliphatic heterocycles. The van der Waals surface area contributed by atoms with Crippen molar-refractivity contribution in [3.05, 3.63) is 34.4 Å². The maximum Gasteiger partial charge on any atom is 0.199 e. The Bertz CT molecular complexity index is 580. The zero-order valence-electron chi connectivity index (χ0n) is 10.1. The first-order valence-corrected chi connectivity index (χ1v) is 6.46. The Hall–Kier alpha value is -1.55. The van der Waals surface area contributed by atoms with Gasteiger partial charge in [-0.2, -0.15) is 0 Å². The van der Waals surface area contributed by atoms with E-state index in [4.69, 9.17) is 11.6 Å². The maximum atomic E-state index is 6.22. The Balaban J connectivity index is 2.08. The van der Waals surface area contributed by atoms with Crippen LogP contribution in [0.4, 0.5) is 0 Å². The molecule has 3 rings (SSSR count). The van der Waals surface area contributed by atoms with Gasteiger partial charge in [-0.05, 0) is 38.2 Å². The number of aryl methyl sites for hydroxylation is 2. The Kier molecular flexibility index (Phi) is 2.96. The largest absolute Gasteiger partial charge is 0.234 e. The third kappa shape index (κ3) is 2.08. The summed E-state index contributed by atoms with van der Waals surface area (Å²) >= 11 is 6.22. The molecule has 0 amide bonds. The first-order chi connectivity index (χ1) is 8.74. The lowest BCUT2D eigenvalue weighted by Gasteiger charge is -2.15. The fraction of sp³-hybridized carbons (Fsp3) is 0.385. The summed E-state index contributed by atoms with van der Waals surface area (Å²) in [6, 6.07) is 0. The third-order valence-electron chi connectivity index (χ3n) is 3.11. The lowest BCUT2D eigenvalue weighted by molar-refractivity contribution is 0.663. The van der Waals surface area contributed by atoms with Gasteiger partial charge in [0.2, 0.25) is 0 Å². The van der Waals surface area contributed by atoms with Crippen LogP contribution in [-0.2, 0) is 12.8 Å². The number of fused-ring (bicyclic) bond motifs is 1. The molecule has 0 unspecified atom stereocenters. The first kappa shape index (κ1) is 11.5. The summed E-state index contributed by atoms with van der Waals surface area (Å²) in [5.74, 6) is 1.07. The lowest BCUT2D eigenvalue weighted by Crippen LogP contribution is -2.09. The fourth-order valence-corrected chi connectivity index (χ4v) is 2.44. The van der Waals surface area contributed by atoms with Crippen molar-refractivity contribution in [3.8, 4) is 11.6 Å². The summed E-state index contributed by atoms with van der Waals surface area (Å²) in [6.45, 7) is 1.95. The highest BCUT2D eigenvalue weighted by molar-refractivity contribution is 6.30. The lowest BCUT2D eigenvalue weighted by atomic mass is 9.97. The average Bonchev–Trinajstić information content (AvgIpc) is 2.39. The van der Waals surface area contributed by atoms with E-state index in [0.29, 0.717) is 16.8 Å². The number of halogens is 1. The van der Waals surface area contributed by atoms with Gasteiger partial charge in [-0.1, -0.05) is 11.6 Å². The van der Waals surface area contributed by atoms with Crippen molar-refractivity contribution in [2.24, 2.45) is 0 Å². The molecule has 0 bridgehead atoms. The van der Waals surface area contributed by atoms with Gasteiger partial charge in [-0.25, -0.2) is 19.9 Å². The van der Waals surface area contributed by atoms with Crippen LogP contribution < -0.4 is 0 Å². The summed E-state index contributed by atoms with van der Waals surface area (Å²) in [7, 11) is 0. The van der Waals surface area contributed by atoms with E-state index in [1.807, 2.05) is 6.92 Å². The van der Waals surface area contributed by atoms with E-state index in [-0.39, 0.29) is 0 Å².